The fourth-order valence-electron chi connectivity index (χ4n) is 1.23. The Kier molecular flexibility index (Phi) is 14.7. The molecule has 0 bridgehead atoms. The van der Waals surface area contributed by atoms with Gasteiger partial charge >= 0.3 is 29.0 Å². The van der Waals surface area contributed by atoms with Gasteiger partial charge in [0.2, 0.25) is 0 Å². The zero-order chi connectivity index (χ0) is 18.4. The van der Waals surface area contributed by atoms with Gasteiger partial charge in [0, 0.05) is 6.08 Å². The zero-order valence-corrected chi connectivity index (χ0v) is 15.1. The Morgan fingerprint density at radius 3 is 1.28 bits per heavy atom. The van der Waals surface area contributed by atoms with Crippen LogP contribution in [-0.2, 0) is 9.53 Å². The molecule has 0 atom stereocenters. The maximum absolute atomic E-state index is 10.1. The molecule has 0 fully saturated rings. The molecule has 0 spiro atoms. The van der Waals surface area contributed by atoms with Gasteiger partial charge in [-0.2, -0.15) is 0 Å². The molecule has 2 aromatic rings. The molecule has 7 heteroatoms. The predicted octanol–water partition coefficient (Wildman–Crippen LogP) is 0.0648. The van der Waals surface area contributed by atoms with Crippen molar-refractivity contribution in [2.75, 3.05) is 7.11 Å². The molecule has 0 aliphatic heterocycles. The third-order valence-corrected chi connectivity index (χ3v) is 2.39. The number of ether oxygens (including phenoxy) is 1. The van der Waals surface area contributed by atoms with E-state index in [9.17, 15) is 24.6 Å². The van der Waals surface area contributed by atoms with Crippen molar-refractivity contribution in [1.29, 1.82) is 0 Å². The van der Waals surface area contributed by atoms with E-state index >= 15 is 0 Å². The van der Waals surface area contributed by atoms with Crippen LogP contribution < -0.4 is 10.2 Å². The molecule has 0 amide bonds. The Labute approximate surface area is 161 Å². The standard InChI is InChI=1S/2C7H6O2.C4H6O2.Mg/c2*8-7(9)6-4-2-1-3-5-6;1-3-4(5)6-2;/h2*1-5H,(H,8,9);3H,1H2,2H3;/q;;;+2/p-2. The maximum atomic E-state index is 10.1. The summed E-state index contributed by atoms with van der Waals surface area (Å²) in [6, 6.07) is 16.1. The molecule has 25 heavy (non-hydrogen) atoms. The van der Waals surface area contributed by atoms with Crippen molar-refractivity contribution in [2.45, 2.75) is 0 Å². The summed E-state index contributed by atoms with van der Waals surface area (Å²) in [5.41, 5.74) is 0.440. The van der Waals surface area contributed by atoms with Crippen LogP contribution in [0.3, 0.4) is 0 Å². The van der Waals surface area contributed by atoms with Crippen LogP contribution in [0.1, 0.15) is 20.7 Å². The predicted molar refractivity (Wildman–Crippen MR) is 89.5 cm³/mol. The molecule has 0 radical (unpaired) electrons. The first-order valence-corrected chi connectivity index (χ1v) is 6.65. The van der Waals surface area contributed by atoms with Crippen molar-refractivity contribution < 1.29 is 29.3 Å². The van der Waals surface area contributed by atoms with E-state index < -0.39 is 17.9 Å². The van der Waals surface area contributed by atoms with E-state index in [0.717, 1.165) is 6.08 Å². The summed E-state index contributed by atoms with van der Waals surface area (Å²) >= 11 is 0. The topological polar surface area (TPSA) is 107 Å². The normalized spacial score (nSPS) is 8.04. The average molecular weight is 353 g/mol. The average Bonchev–Trinajstić information content (AvgIpc) is 2.63. The number of hydrogen-bond acceptors (Lipinski definition) is 6. The minimum atomic E-state index is -1.13. The molecule has 0 N–H and O–H groups in total. The van der Waals surface area contributed by atoms with Gasteiger partial charge in [-0.1, -0.05) is 67.2 Å². The molecule has 0 aromatic heterocycles. The number of esters is 1. The number of rotatable bonds is 3. The Hall–Kier alpha value is -2.64. The van der Waals surface area contributed by atoms with Gasteiger partial charge in [0.15, 0.2) is 0 Å². The molecule has 0 unspecified atom stereocenters. The number of hydrogen-bond donors (Lipinski definition) is 0. The Balaban J connectivity index is 0. The van der Waals surface area contributed by atoms with Crippen LogP contribution in [0.15, 0.2) is 73.3 Å². The van der Waals surface area contributed by atoms with E-state index in [1.54, 1.807) is 36.4 Å². The number of carbonyl (C=O) groups is 3. The smallest absolute Gasteiger partial charge is 0.545 e. The third-order valence-electron chi connectivity index (χ3n) is 2.39. The number of methoxy groups -OCH3 is 1. The Bertz CT molecular complexity index is 606. The third kappa shape index (κ3) is 12.4. The Morgan fingerprint density at radius 2 is 1.16 bits per heavy atom. The summed E-state index contributed by atoms with van der Waals surface area (Å²) in [4.78, 5) is 30.0. The van der Waals surface area contributed by atoms with Crippen molar-refractivity contribution in [1.82, 2.24) is 0 Å². The number of benzene rings is 2. The van der Waals surface area contributed by atoms with Crippen LogP contribution in [-0.4, -0.2) is 48.1 Å². The molecule has 0 saturated carbocycles. The minimum absolute atomic E-state index is 0. The molecule has 2 rings (SSSR count). The van der Waals surface area contributed by atoms with Crippen LogP contribution in [0, 0.1) is 0 Å². The van der Waals surface area contributed by atoms with Crippen molar-refractivity contribution in [3.63, 3.8) is 0 Å². The second kappa shape index (κ2) is 14.9. The van der Waals surface area contributed by atoms with Gasteiger partial charge < -0.3 is 24.5 Å². The van der Waals surface area contributed by atoms with Crippen molar-refractivity contribution in [3.8, 4) is 0 Å². The maximum Gasteiger partial charge on any atom is 2.00 e. The first-order chi connectivity index (χ1) is 11.4. The van der Waals surface area contributed by atoms with Crippen LogP contribution in [0.25, 0.3) is 0 Å². The number of carboxylic acid groups (broad SMARTS) is 2. The van der Waals surface area contributed by atoms with Crippen LogP contribution in [0.2, 0.25) is 0 Å². The molecular weight excluding hydrogens is 336 g/mol. The quantitative estimate of drug-likeness (QED) is 0.439. The van der Waals surface area contributed by atoms with Gasteiger partial charge in [-0.25, -0.2) is 4.79 Å². The van der Waals surface area contributed by atoms with E-state index in [1.807, 2.05) is 0 Å². The summed E-state index contributed by atoms with van der Waals surface area (Å²) in [5.74, 6) is -2.65. The van der Waals surface area contributed by atoms with Crippen molar-refractivity contribution in [2.24, 2.45) is 0 Å². The van der Waals surface area contributed by atoms with E-state index in [2.05, 4.69) is 11.3 Å². The Morgan fingerprint density at radius 1 is 0.840 bits per heavy atom. The summed E-state index contributed by atoms with van der Waals surface area (Å²) < 4.78 is 4.14. The van der Waals surface area contributed by atoms with E-state index in [0.29, 0.717) is 0 Å². The van der Waals surface area contributed by atoms with Crippen molar-refractivity contribution >= 4 is 41.0 Å². The van der Waals surface area contributed by atoms with Crippen LogP contribution in [0.5, 0.6) is 0 Å². The zero-order valence-electron chi connectivity index (χ0n) is 13.7. The molecule has 0 heterocycles. The largest absolute Gasteiger partial charge is 2.00 e. The van der Waals surface area contributed by atoms with Gasteiger partial charge in [-0.05, 0) is 11.1 Å². The second-order valence-electron chi connectivity index (χ2n) is 4.03. The summed E-state index contributed by atoms with van der Waals surface area (Å²) in [5, 5.41) is 20.2. The number of carbonyl (C=O) groups excluding carboxylic acids is 3. The van der Waals surface area contributed by atoms with E-state index in [-0.39, 0.29) is 34.2 Å². The monoisotopic (exact) mass is 352 g/mol. The SMILES string of the molecule is C=CC(=O)OC.O=C([O-])c1ccccc1.O=C([O-])c1ccccc1.[Mg+2]. The van der Waals surface area contributed by atoms with E-state index in [1.165, 1.54) is 31.4 Å². The molecule has 0 aliphatic carbocycles. The van der Waals surface area contributed by atoms with Crippen molar-refractivity contribution in [3.05, 3.63) is 84.4 Å². The molecule has 6 nitrogen and oxygen atoms in total. The molecule has 0 aliphatic rings. The van der Waals surface area contributed by atoms with Gasteiger partial charge in [0.25, 0.3) is 0 Å². The minimum Gasteiger partial charge on any atom is -0.545 e. The van der Waals surface area contributed by atoms with Gasteiger partial charge in [0.05, 0.1) is 19.0 Å². The molecule has 2 aromatic carbocycles. The van der Waals surface area contributed by atoms with E-state index in [4.69, 9.17) is 0 Å². The summed E-state index contributed by atoms with van der Waals surface area (Å²) in [7, 11) is 1.31. The van der Waals surface area contributed by atoms with Crippen LogP contribution >= 0.6 is 0 Å². The number of carboxylic acids is 2. The first kappa shape index (κ1) is 24.6. The molecule has 0 saturated heterocycles. The first-order valence-electron chi connectivity index (χ1n) is 6.65. The fourth-order valence-corrected chi connectivity index (χ4v) is 1.23. The van der Waals surface area contributed by atoms with Gasteiger partial charge in [-0.15, -0.1) is 0 Å². The molecular formula is C18H16MgO6. The number of aromatic carboxylic acids is 2. The summed E-state index contributed by atoms with van der Waals surface area (Å²) in [6.45, 7) is 3.16. The van der Waals surface area contributed by atoms with Gasteiger partial charge in [-0.3, -0.25) is 0 Å². The molecule has 126 valence electrons. The van der Waals surface area contributed by atoms with Gasteiger partial charge in [0.1, 0.15) is 0 Å². The second-order valence-corrected chi connectivity index (χ2v) is 4.03. The summed E-state index contributed by atoms with van der Waals surface area (Å²) in [6.07, 6.45) is 1.11. The van der Waals surface area contributed by atoms with Crippen LogP contribution in [0.4, 0.5) is 0 Å². The fraction of sp³-hybridized carbons (Fsp3) is 0.0556.